The van der Waals surface area contributed by atoms with E-state index in [9.17, 15) is 19.2 Å². The monoisotopic (exact) mass is 386 g/mol. The van der Waals surface area contributed by atoms with Gasteiger partial charge in [-0.3, -0.25) is 9.59 Å². The van der Waals surface area contributed by atoms with E-state index < -0.39 is 23.5 Å². The molecule has 8 nitrogen and oxygen atoms in total. The molecule has 8 heteroatoms. The number of carbonyl (C=O) groups is 4. The number of ketones is 2. The van der Waals surface area contributed by atoms with Gasteiger partial charge in [0.05, 0.1) is 0 Å². The Morgan fingerprint density at radius 2 is 0.821 bits per heavy atom. The molecule has 0 heterocycles. The lowest BCUT2D eigenvalue weighted by molar-refractivity contribution is -0.132. The highest BCUT2D eigenvalue weighted by Gasteiger charge is 2.14. The minimum Gasteiger partial charge on any atom is -0.475 e. The van der Waals surface area contributed by atoms with E-state index in [1.54, 1.807) is 24.3 Å². The summed E-state index contributed by atoms with van der Waals surface area (Å²) in [5, 5.41) is 16.9. The van der Waals surface area contributed by atoms with Crippen LogP contribution in [0.2, 0.25) is 0 Å². The van der Waals surface area contributed by atoms with Crippen LogP contribution in [0.4, 0.5) is 11.4 Å². The molecule has 2 N–H and O–H groups in total. The Bertz CT molecular complexity index is 782. The molecule has 0 saturated heterocycles. The molecule has 2 rings (SSSR count). The first-order valence-electron chi connectivity index (χ1n) is 8.14. The van der Waals surface area contributed by atoms with Gasteiger partial charge < -0.3 is 20.0 Å². The second-order valence-electron chi connectivity index (χ2n) is 6.15. The summed E-state index contributed by atoms with van der Waals surface area (Å²) >= 11 is 0. The van der Waals surface area contributed by atoms with Crippen molar-refractivity contribution in [1.29, 1.82) is 0 Å². The molecule has 0 fully saturated rings. The van der Waals surface area contributed by atoms with Gasteiger partial charge in [0.1, 0.15) is 0 Å². The molecule has 28 heavy (non-hydrogen) atoms. The second kappa shape index (κ2) is 9.86. The third-order valence-corrected chi connectivity index (χ3v) is 3.68. The van der Waals surface area contributed by atoms with E-state index in [2.05, 4.69) is 0 Å². The Morgan fingerprint density at radius 3 is 1.00 bits per heavy atom. The third-order valence-electron chi connectivity index (χ3n) is 3.68. The zero-order chi connectivity index (χ0) is 21.4. The van der Waals surface area contributed by atoms with Crippen LogP contribution in [-0.4, -0.2) is 61.9 Å². The van der Waals surface area contributed by atoms with Crippen molar-refractivity contribution in [3.8, 4) is 0 Å². The number of carbonyl (C=O) groups excluding carboxylic acids is 2. The first-order chi connectivity index (χ1) is 13.0. The molecule has 0 aromatic heterocycles. The number of carboxylic acids is 2. The summed E-state index contributed by atoms with van der Waals surface area (Å²) in [5.41, 5.74) is 2.24. The van der Waals surface area contributed by atoms with E-state index in [1.165, 1.54) is 24.3 Å². The Hall–Kier alpha value is -3.68. The number of rotatable bonds is 6. The highest BCUT2D eigenvalue weighted by molar-refractivity contribution is 6.40. The van der Waals surface area contributed by atoms with Crippen molar-refractivity contribution in [2.45, 2.75) is 0 Å². The summed E-state index contributed by atoms with van der Waals surface area (Å²) in [4.78, 5) is 46.5. The Labute approximate surface area is 162 Å². The van der Waals surface area contributed by atoms with Crippen LogP contribution < -0.4 is 9.80 Å². The average molecular weight is 386 g/mol. The molecule has 0 aliphatic rings. The first-order valence-corrected chi connectivity index (χ1v) is 8.14. The molecular formula is C20H22N2O6. The average Bonchev–Trinajstić information content (AvgIpc) is 2.67. The van der Waals surface area contributed by atoms with Gasteiger partial charge in [-0.2, -0.15) is 0 Å². The summed E-state index contributed by atoms with van der Waals surface area (Å²) in [5.74, 6) is -4.61. The molecule has 2 aromatic carbocycles. The molecule has 2 aromatic rings. The van der Waals surface area contributed by atoms with E-state index in [-0.39, 0.29) is 11.1 Å². The van der Waals surface area contributed by atoms with Gasteiger partial charge >= 0.3 is 11.9 Å². The molecule has 0 bridgehead atoms. The molecule has 0 spiro atoms. The minimum absolute atomic E-state index is 0.197. The normalized spacial score (nSPS) is 9.57. The van der Waals surface area contributed by atoms with Crippen LogP contribution in [0.1, 0.15) is 20.7 Å². The molecule has 0 unspecified atom stereocenters. The van der Waals surface area contributed by atoms with Crippen molar-refractivity contribution < 1.29 is 29.4 Å². The van der Waals surface area contributed by atoms with E-state index in [4.69, 9.17) is 10.2 Å². The van der Waals surface area contributed by atoms with Gasteiger partial charge in [-0.15, -0.1) is 0 Å². The third kappa shape index (κ3) is 6.24. The van der Waals surface area contributed by atoms with E-state index >= 15 is 0 Å². The van der Waals surface area contributed by atoms with Crippen molar-refractivity contribution in [3.63, 3.8) is 0 Å². The van der Waals surface area contributed by atoms with Gasteiger partial charge in [-0.05, 0) is 48.5 Å². The fourth-order valence-corrected chi connectivity index (χ4v) is 2.07. The Morgan fingerprint density at radius 1 is 0.571 bits per heavy atom. The molecular weight excluding hydrogens is 364 g/mol. The molecule has 0 radical (unpaired) electrons. The number of Topliss-reactive ketones (excluding diaryl/α,β-unsaturated/α-hetero) is 2. The number of anilines is 2. The van der Waals surface area contributed by atoms with E-state index in [0.717, 1.165) is 11.4 Å². The smallest absolute Gasteiger partial charge is 0.377 e. The van der Waals surface area contributed by atoms with Crippen LogP contribution in [-0.2, 0) is 9.59 Å². The zero-order valence-electron chi connectivity index (χ0n) is 16.0. The lowest BCUT2D eigenvalue weighted by atomic mass is 10.1. The van der Waals surface area contributed by atoms with Gasteiger partial charge in [-0.1, -0.05) is 0 Å². The SMILES string of the molecule is CN(C)c1ccc(C(=O)C(=O)O)cc1.CN(C)c1ccc(C(=O)C(=O)O)cc1. The number of nitrogens with zero attached hydrogens (tertiary/aromatic N) is 2. The molecule has 148 valence electrons. The Balaban J connectivity index is 0.000000280. The maximum Gasteiger partial charge on any atom is 0.377 e. The summed E-state index contributed by atoms with van der Waals surface area (Å²) in [7, 11) is 7.48. The van der Waals surface area contributed by atoms with Crippen molar-refractivity contribution in [1.82, 2.24) is 0 Å². The standard InChI is InChI=1S/2C10H11NO3/c2*1-11(2)8-5-3-7(4-6-8)9(12)10(13)14/h2*3-6H,1-2H3,(H,13,14). The predicted octanol–water partition coefficient (Wildman–Crippen LogP) is 2.04. The van der Waals surface area contributed by atoms with Crippen LogP contribution in [0.25, 0.3) is 0 Å². The number of benzene rings is 2. The Kier molecular flexibility index (Phi) is 7.88. The van der Waals surface area contributed by atoms with Gasteiger partial charge in [0.25, 0.3) is 11.6 Å². The fourth-order valence-electron chi connectivity index (χ4n) is 2.07. The van der Waals surface area contributed by atoms with E-state index in [0.29, 0.717) is 0 Å². The second-order valence-corrected chi connectivity index (χ2v) is 6.15. The first kappa shape index (κ1) is 22.4. The van der Waals surface area contributed by atoms with Crippen LogP contribution >= 0.6 is 0 Å². The summed E-state index contributed by atoms with van der Waals surface area (Å²) < 4.78 is 0. The lowest BCUT2D eigenvalue weighted by Gasteiger charge is -2.11. The maximum absolute atomic E-state index is 11.0. The predicted molar refractivity (Wildman–Crippen MR) is 105 cm³/mol. The number of hydrogen-bond acceptors (Lipinski definition) is 6. The van der Waals surface area contributed by atoms with Crippen LogP contribution in [0.15, 0.2) is 48.5 Å². The highest BCUT2D eigenvalue weighted by Crippen LogP contribution is 2.13. The molecule has 0 saturated carbocycles. The van der Waals surface area contributed by atoms with Gasteiger partial charge in [-0.25, -0.2) is 9.59 Å². The molecule has 0 amide bonds. The number of aliphatic carboxylic acids is 2. The molecule has 0 aliphatic carbocycles. The van der Waals surface area contributed by atoms with Crippen LogP contribution in [0.5, 0.6) is 0 Å². The summed E-state index contributed by atoms with van der Waals surface area (Å²) in [6, 6.07) is 12.8. The van der Waals surface area contributed by atoms with Crippen molar-refractivity contribution in [2.75, 3.05) is 38.0 Å². The summed E-state index contributed by atoms with van der Waals surface area (Å²) in [6.07, 6.45) is 0. The van der Waals surface area contributed by atoms with Gasteiger partial charge in [0, 0.05) is 50.7 Å². The van der Waals surface area contributed by atoms with Crippen molar-refractivity contribution >= 4 is 34.9 Å². The minimum atomic E-state index is -1.43. The largest absolute Gasteiger partial charge is 0.475 e. The fraction of sp³-hybridized carbons (Fsp3) is 0.200. The van der Waals surface area contributed by atoms with Crippen molar-refractivity contribution in [2.24, 2.45) is 0 Å². The molecule has 0 atom stereocenters. The van der Waals surface area contributed by atoms with E-state index in [1.807, 2.05) is 38.0 Å². The topological polar surface area (TPSA) is 115 Å². The zero-order valence-corrected chi connectivity index (χ0v) is 16.0. The highest BCUT2D eigenvalue weighted by atomic mass is 16.4. The van der Waals surface area contributed by atoms with Crippen molar-refractivity contribution in [3.05, 3.63) is 59.7 Å². The maximum atomic E-state index is 11.0. The van der Waals surface area contributed by atoms with Crippen LogP contribution in [0, 0.1) is 0 Å². The molecule has 0 aliphatic heterocycles. The quantitative estimate of drug-likeness (QED) is 0.572. The number of carboxylic acid groups (broad SMARTS) is 2. The van der Waals surface area contributed by atoms with Crippen LogP contribution in [0.3, 0.4) is 0 Å². The van der Waals surface area contributed by atoms with Gasteiger partial charge in [0.15, 0.2) is 0 Å². The van der Waals surface area contributed by atoms with Gasteiger partial charge in [0.2, 0.25) is 0 Å². The number of hydrogen-bond donors (Lipinski definition) is 2. The summed E-state index contributed by atoms with van der Waals surface area (Å²) in [6.45, 7) is 0. The lowest BCUT2D eigenvalue weighted by Crippen LogP contribution is -2.13.